The molecule has 8 aromatic carbocycles. The Morgan fingerprint density at radius 2 is 0.596 bits per heavy atom. The number of anilines is 6. The Morgan fingerprint density at radius 1 is 0.250 bits per heavy atom. The van der Waals surface area contributed by atoms with Gasteiger partial charge in [-0.3, -0.25) is 0 Å². The molecule has 0 N–H and O–H groups in total. The van der Waals surface area contributed by atoms with Crippen molar-refractivity contribution in [3.05, 3.63) is 194 Å². The first kappa shape index (κ1) is 29.8. The van der Waals surface area contributed by atoms with Crippen molar-refractivity contribution in [3.63, 3.8) is 0 Å². The fourth-order valence-electron chi connectivity index (χ4n) is 7.37. The van der Waals surface area contributed by atoms with Gasteiger partial charge in [0.25, 0.3) is 0 Å². The first-order valence-electron chi connectivity index (χ1n) is 17.5. The largest absolute Gasteiger partial charge is 0.456 e. The third kappa shape index (κ3) is 5.17. The van der Waals surface area contributed by atoms with Crippen molar-refractivity contribution in [2.75, 3.05) is 9.80 Å². The average Bonchev–Trinajstić information content (AvgIpc) is 3.77. The van der Waals surface area contributed by atoms with Gasteiger partial charge in [-0.2, -0.15) is 0 Å². The van der Waals surface area contributed by atoms with E-state index in [2.05, 4.69) is 174 Å². The standard InChI is InChI=1S/C48H32N2O2/c1-4-12-33(13-5-1)34-20-22-37(23-21-34)50(39-25-27-42-41-18-10-11-19-45(41)51-46(42)31-39)40-26-29-44-43-28-24-38(30-47(43)52-48(44)32-40)49(35-14-6-2-7-15-35)36-16-8-3-9-17-36/h1-32H. The minimum Gasteiger partial charge on any atom is -0.456 e. The second-order valence-corrected chi connectivity index (χ2v) is 13.0. The molecule has 0 fully saturated rings. The summed E-state index contributed by atoms with van der Waals surface area (Å²) in [5.41, 5.74) is 12.0. The number of rotatable bonds is 7. The zero-order valence-electron chi connectivity index (χ0n) is 28.2. The van der Waals surface area contributed by atoms with Gasteiger partial charge >= 0.3 is 0 Å². The molecule has 246 valence electrons. The Morgan fingerprint density at radius 3 is 1.12 bits per heavy atom. The fourth-order valence-corrected chi connectivity index (χ4v) is 7.37. The van der Waals surface area contributed by atoms with Crippen LogP contribution in [0.4, 0.5) is 34.1 Å². The first-order valence-corrected chi connectivity index (χ1v) is 17.5. The van der Waals surface area contributed by atoms with E-state index in [1.165, 1.54) is 11.1 Å². The Balaban J connectivity index is 1.10. The molecule has 0 amide bonds. The van der Waals surface area contributed by atoms with Crippen molar-refractivity contribution >= 4 is 78.0 Å². The summed E-state index contributed by atoms with van der Waals surface area (Å²) >= 11 is 0. The number of furan rings is 2. The van der Waals surface area contributed by atoms with Crippen LogP contribution in [-0.4, -0.2) is 0 Å². The Labute approximate surface area is 301 Å². The van der Waals surface area contributed by atoms with Crippen LogP contribution in [0.25, 0.3) is 55.0 Å². The lowest BCUT2D eigenvalue weighted by molar-refractivity contribution is 0.669. The Hall–Kier alpha value is -7.04. The molecule has 0 radical (unpaired) electrons. The highest BCUT2D eigenvalue weighted by Crippen LogP contribution is 2.43. The van der Waals surface area contributed by atoms with E-state index in [1.807, 2.05) is 30.3 Å². The molecule has 10 aromatic rings. The predicted molar refractivity (Wildman–Crippen MR) is 216 cm³/mol. The molecule has 0 saturated carbocycles. The predicted octanol–water partition coefficient (Wildman–Crippen LogP) is 14.1. The lowest BCUT2D eigenvalue weighted by atomic mass is 10.0. The first-order chi connectivity index (χ1) is 25.8. The maximum atomic E-state index is 6.69. The highest BCUT2D eigenvalue weighted by molar-refractivity contribution is 6.08. The molecule has 2 aromatic heterocycles. The summed E-state index contributed by atoms with van der Waals surface area (Å²) in [4.78, 5) is 4.53. The monoisotopic (exact) mass is 668 g/mol. The van der Waals surface area contributed by atoms with Crippen LogP contribution in [0, 0.1) is 0 Å². The molecule has 10 rings (SSSR count). The molecule has 0 atom stereocenters. The van der Waals surface area contributed by atoms with Crippen molar-refractivity contribution < 1.29 is 8.83 Å². The smallest absolute Gasteiger partial charge is 0.137 e. The summed E-state index contributed by atoms with van der Waals surface area (Å²) in [5, 5.41) is 4.36. The van der Waals surface area contributed by atoms with Gasteiger partial charge in [-0.05, 0) is 90.0 Å². The molecule has 0 unspecified atom stereocenters. The molecule has 2 heterocycles. The van der Waals surface area contributed by atoms with Gasteiger partial charge in [0, 0.05) is 73.9 Å². The van der Waals surface area contributed by atoms with Crippen molar-refractivity contribution in [2.45, 2.75) is 0 Å². The van der Waals surface area contributed by atoms with Crippen LogP contribution < -0.4 is 9.80 Å². The number of hydrogen-bond acceptors (Lipinski definition) is 4. The second-order valence-electron chi connectivity index (χ2n) is 13.0. The molecule has 0 aliphatic heterocycles. The normalized spacial score (nSPS) is 11.5. The van der Waals surface area contributed by atoms with E-state index in [0.29, 0.717) is 0 Å². The van der Waals surface area contributed by atoms with Crippen molar-refractivity contribution in [1.29, 1.82) is 0 Å². The van der Waals surface area contributed by atoms with Crippen LogP contribution in [0.15, 0.2) is 203 Å². The maximum Gasteiger partial charge on any atom is 0.137 e. The molecule has 0 spiro atoms. The SMILES string of the molecule is c1ccc(-c2ccc(N(c3ccc4c(c3)oc3ccccc34)c3ccc4c(c3)oc3cc(N(c5ccccc5)c5ccccc5)ccc34)cc2)cc1. The average molecular weight is 669 g/mol. The van der Waals surface area contributed by atoms with E-state index in [1.54, 1.807) is 0 Å². The van der Waals surface area contributed by atoms with E-state index in [9.17, 15) is 0 Å². The van der Waals surface area contributed by atoms with Crippen molar-refractivity contribution in [2.24, 2.45) is 0 Å². The minimum atomic E-state index is 0.825. The summed E-state index contributed by atoms with van der Waals surface area (Å²) in [6, 6.07) is 67.8. The van der Waals surface area contributed by atoms with Gasteiger partial charge < -0.3 is 18.6 Å². The molecular weight excluding hydrogens is 637 g/mol. The van der Waals surface area contributed by atoms with Crippen LogP contribution in [0.1, 0.15) is 0 Å². The Bertz CT molecular complexity index is 2800. The topological polar surface area (TPSA) is 32.8 Å². The molecule has 0 aliphatic carbocycles. The molecule has 4 nitrogen and oxygen atoms in total. The molecule has 0 bridgehead atoms. The molecule has 0 aliphatic rings. The molecule has 52 heavy (non-hydrogen) atoms. The lowest BCUT2D eigenvalue weighted by Crippen LogP contribution is -2.09. The van der Waals surface area contributed by atoms with Gasteiger partial charge in [-0.15, -0.1) is 0 Å². The van der Waals surface area contributed by atoms with E-state index in [-0.39, 0.29) is 0 Å². The van der Waals surface area contributed by atoms with Crippen LogP contribution in [-0.2, 0) is 0 Å². The number of benzene rings is 8. The highest BCUT2D eigenvalue weighted by Gasteiger charge is 2.19. The minimum absolute atomic E-state index is 0.825. The summed E-state index contributed by atoms with van der Waals surface area (Å²) < 4.78 is 13.0. The van der Waals surface area contributed by atoms with Gasteiger partial charge in [-0.25, -0.2) is 0 Å². The molecule has 4 heteroatoms. The quantitative estimate of drug-likeness (QED) is 0.169. The van der Waals surface area contributed by atoms with Gasteiger partial charge in [0.1, 0.15) is 22.3 Å². The van der Waals surface area contributed by atoms with Crippen LogP contribution >= 0.6 is 0 Å². The van der Waals surface area contributed by atoms with E-state index in [0.717, 1.165) is 78.0 Å². The zero-order valence-corrected chi connectivity index (χ0v) is 28.2. The van der Waals surface area contributed by atoms with E-state index in [4.69, 9.17) is 8.83 Å². The van der Waals surface area contributed by atoms with Crippen LogP contribution in [0.2, 0.25) is 0 Å². The fraction of sp³-hybridized carbons (Fsp3) is 0. The summed E-state index contributed by atoms with van der Waals surface area (Å²) in [6.07, 6.45) is 0. The highest BCUT2D eigenvalue weighted by atomic mass is 16.3. The van der Waals surface area contributed by atoms with Crippen LogP contribution in [0.3, 0.4) is 0 Å². The summed E-state index contributed by atoms with van der Waals surface area (Å²) in [7, 11) is 0. The van der Waals surface area contributed by atoms with Crippen LogP contribution in [0.5, 0.6) is 0 Å². The van der Waals surface area contributed by atoms with E-state index >= 15 is 0 Å². The molecule has 0 saturated heterocycles. The van der Waals surface area contributed by atoms with E-state index < -0.39 is 0 Å². The van der Waals surface area contributed by atoms with Gasteiger partial charge in [-0.1, -0.05) is 97.1 Å². The lowest BCUT2D eigenvalue weighted by Gasteiger charge is -2.25. The number of hydrogen-bond donors (Lipinski definition) is 0. The van der Waals surface area contributed by atoms with Gasteiger partial charge in [0.15, 0.2) is 0 Å². The van der Waals surface area contributed by atoms with Crippen molar-refractivity contribution in [3.8, 4) is 11.1 Å². The number of nitrogens with zero attached hydrogens (tertiary/aromatic N) is 2. The van der Waals surface area contributed by atoms with Gasteiger partial charge in [0.2, 0.25) is 0 Å². The summed E-state index contributed by atoms with van der Waals surface area (Å²) in [6.45, 7) is 0. The third-order valence-electron chi connectivity index (χ3n) is 9.84. The molecular formula is C48H32N2O2. The third-order valence-corrected chi connectivity index (χ3v) is 9.84. The number of para-hydroxylation sites is 3. The maximum absolute atomic E-state index is 6.69. The van der Waals surface area contributed by atoms with Crippen molar-refractivity contribution in [1.82, 2.24) is 0 Å². The number of fused-ring (bicyclic) bond motifs is 6. The Kier molecular flexibility index (Phi) is 7.10. The second kappa shape index (κ2) is 12.4. The summed E-state index contributed by atoms with van der Waals surface area (Å²) in [5.74, 6) is 0. The van der Waals surface area contributed by atoms with Gasteiger partial charge in [0.05, 0.1) is 0 Å². The zero-order chi connectivity index (χ0) is 34.4.